The van der Waals surface area contributed by atoms with Crippen molar-refractivity contribution in [3.05, 3.63) is 65.0 Å². The van der Waals surface area contributed by atoms with Crippen molar-refractivity contribution in [2.24, 2.45) is 5.92 Å². The molecule has 1 atom stereocenters. The average molecular weight is 521 g/mol. The Kier molecular flexibility index (Phi) is 10.0. The maximum Gasteiger partial charge on any atom is 0.304 e. The highest BCUT2D eigenvalue weighted by Gasteiger charge is 2.33. The number of amides is 2. The Balaban J connectivity index is 2.48. The first kappa shape index (κ1) is 29.3. The monoisotopic (exact) mass is 520 g/mol. The fourth-order valence-electron chi connectivity index (χ4n) is 3.51. The lowest BCUT2D eigenvalue weighted by atomic mass is 10.1. The second-order valence-electron chi connectivity index (χ2n) is 9.55. The van der Waals surface area contributed by atoms with Crippen molar-refractivity contribution in [3.63, 3.8) is 0 Å². The van der Waals surface area contributed by atoms with Crippen LogP contribution in [-0.2, 0) is 26.3 Å². The van der Waals surface area contributed by atoms with E-state index in [0.717, 1.165) is 14.2 Å². The van der Waals surface area contributed by atoms with E-state index in [1.807, 2.05) is 26.8 Å². The molecule has 0 aliphatic carbocycles. The quantitative estimate of drug-likeness (QED) is 0.493. The van der Waals surface area contributed by atoms with Gasteiger partial charge in [0.25, 0.3) is 0 Å². The Morgan fingerprint density at radius 2 is 1.61 bits per heavy atom. The molecule has 2 aromatic rings. The standard InChI is InChI=1S/C26H37FN4O4S/c1-18(2)15-28-26(33)21(5)30(16-22-10-12-23(27)13-11-22)25(32)17-31(36(34,35)29(6)7)24-14-19(3)8-9-20(24)4/h8-14,18,21H,15-17H2,1-7H3,(H,28,33). The molecule has 0 aromatic heterocycles. The average Bonchev–Trinajstić information content (AvgIpc) is 2.81. The minimum atomic E-state index is -4.04. The number of carbonyl (C=O) groups excluding carboxylic acids is 2. The lowest BCUT2D eigenvalue weighted by Crippen LogP contribution is -2.52. The molecular formula is C26H37FN4O4S. The van der Waals surface area contributed by atoms with Gasteiger partial charge in [-0.25, -0.2) is 8.70 Å². The molecule has 2 aromatic carbocycles. The van der Waals surface area contributed by atoms with Gasteiger partial charge in [-0.15, -0.1) is 0 Å². The summed E-state index contributed by atoms with van der Waals surface area (Å²) in [5.41, 5.74) is 2.52. The third-order valence-electron chi connectivity index (χ3n) is 5.77. The summed E-state index contributed by atoms with van der Waals surface area (Å²) in [7, 11) is -1.24. The zero-order valence-electron chi connectivity index (χ0n) is 22.1. The van der Waals surface area contributed by atoms with E-state index in [0.29, 0.717) is 23.4 Å². The molecule has 0 saturated carbocycles. The van der Waals surface area contributed by atoms with Crippen molar-refractivity contribution in [2.75, 3.05) is 31.5 Å². The van der Waals surface area contributed by atoms with Gasteiger partial charge in [-0.05, 0) is 61.6 Å². The number of hydrogen-bond donors (Lipinski definition) is 1. The van der Waals surface area contributed by atoms with Crippen molar-refractivity contribution in [1.29, 1.82) is 0 Å². The number of rotatable bonds is 11. The Morgan fingerprint density at radius 1 is 1.00 bits per heavy atom. The van der Waals surface area contributed by atoms with Crippen LogP contribution in [0, 0.1) is 25.6 Å². The lowest BCUT2D eigenvalue weighted by Gasteiger charge is -2.33. The summed E-state index contributed by atoms with van der Waals surface area (Å²) in [6.45, 7) is 9.07. The van der Waals surface area contributed by atoms with E-state index >= 15 is 0 Å². The van der Waals surface area contributed by atoms with Crippen molar-refractivity contribution < 1.29 is 22.4 Å². The molecule has 0 saturated heterocycles. The zero-order chi connectivity index (χ0) is 27.2. The van der Waals surface area contributed by atoms with Gasteiger partial charge in [0.05, 0.1) is 5.69 Å². The number of carbonyl (C=O) groups is 2. The summed E-state index contributed by atoms with van der Waals surface area (Å²) in [6, 6.07) is 10.1. The molecule has 0 radical (unpaired) electrons. The Bertz CT molecular complexity index is 1170. The van der Waals surface area contributed by atoms with Crippen LogP contribution in [-0.4, -0.2) is 62.7 Å². The smallest absolute Gasteiger partial charge is 0.304 e. The fourth-order valence-corrected chi connectivity index (χ4v) is 4.62. The number of aryl methyl sites for hydroxylation is 2. The number of nitrogens with zero attached hydrogens (tertiary/aromatic N) is 3. The van der Waals surface area contributed by atoms with E-state index < -0.39 is 34.5 Å². The van der Waals surface area contributed by atoms with Crippen molar-refractivity contribution >= 4 is 27.7 Å². The summed E-state index contributed by atoms with van der Waals surface area (Å²) in [4.78, 5) is 27.9. The zero-order valence-corrected chi connectivity index (χ0v) is 22.9. The maximum atomic E-state index is 13.7. The van der Waals surface area contributed by atoms with Gasteiger partial charge < -0.3 is 10.2 Å². The maximum absolute atomic E-state index is 13.7. The fraction of sp³-hybridized carbons (Fsp3) is 0.462. The van der Waals surface area contributed by atoms with Crippen molar-refractivity contribution in [3.8, 4) is 0 Å². The largest absolute Gasteiger partial charge is 0.354 e. The summed E-state index contributed by atoms with van der Waals surface area (Å²) in [6.07, 6.45) is 0. The normalized spacial score (nSPS) is 12.5. The van der Waals surface area contributed by atoms with Gasteiger partial charge in [0.2, 0.25) is 11.8 Å². The summed E-state index contributed by atoms with van der Waals surface area (Å²) in [5, 5.41) is 2.83. The van der Waals surface area contributed by atoms with Crippen LogP contribution in [0.5, 0.6) is 0 Å². The summed E-state index contributed by atoms with van der Waals surface area (Å²) < 4.78 is 42.1. The molecule has 0 heterocycles. The molecule has 0 fully saturated rings. The molecule has 0 aliphatic rings. The topological polar surface area (TPSA) is 90.0 Å². The SMILES string of the molecule is Cc1ccc(C)c(N(CC(=O)N(Cc2ccc(F)cc2)C(C)C(=O)NCC(C)C)S(=O)(=O)N(C)C)c1. The van der Waals surface area contributed by atoms with Crippen LogP contribution in [0.15, 0.2) is 42.5 Å². The molecule has 1 unspecified atom stereocenters. The van der Waals surface area contributed by atoms with Crippen LogP contribution in [0.4, 0.5) is 10.1 Å². The van der Waals surface area contributed by atoms with Crippen LogP contribution >= 0.6 is 0 Å². The molecular weight excluding hydrogens is 483 g/mol. The van der Waals surface area contributed by atoms with Gasteiger partial charge in [-0.1, -0.05) is 38.1 Å². The highest BCUT2D eigenvalue weighted by Crippen LogP contribution is 2.26. The van der Waals surface area contributed by atoms with E-state index in [4.69, 9.17) is 0 Å². The van der Waals surface area contributed by atoms with Gasteiger partial charge in [-0.2, -0.15) is 12.7 Å². The summed E-state index contributed by atoms with van der Waals surface area (Å²) in [5.74, 6) is -1.12. The first-order chi connectivity index (χ1) is 16.7. The molecule has 2 rings (SSSR count). The van der Waals surface area contributed by atoms with Crippen molar-refractivity contribution in [1.82, 2.24) is 14.5 Å². The molecule has 2 amide bonds. The first-order valence-electron chi connectivity index (χ1n) is 11.8. The molecule has 0 bridgehead atoms. The predicted molar refractivity (Wildman–Crippen MR) is 140 cm³/mol. The number of hydrogen-bond acceptors (Lipinski definition) is 4. The second-order valence-corrected chi connectivity index (χ2v) is 11.6. The van der Waals surface area contributed by atoms with Crippen LogP contribution in [0.2, 0.25) is 0 Å². The highest BCUT2D eigenvalue weighted by molar-refractivity contribution is 7.90. The number of benzene rings is 2. The van der Waals surface area contributed by atoms with E-state index in [-0.39, 0.29) is 18.4 Å². The molecule has 0 aliphatic heterocycles. The Morgan fingerprint density at radius 3 is 2.17 bits per heavy atom. The van der Waals surface area contributed by atoms with Crippen LogP contribution in [0.3, 0.4) is 0 Å². The Hall–Kier alpha value is -2.98. The lowest BCUT2D eigenvalue weighted by molar-refractivity contribution is -0.139. The van der Waals surface area contributed by atoms with E-state index in [2.05, 4.69) is 5.32 Å². The van der Waals surface area contributed by atoms with Crippen LogP contribution < -0.4 is 9.62 Å². The van der Waals surface area contributed by atoms with Gasteiger partial charge in [0.1, 0.15) is 18.4 Å². The van der Waals surface area contributed by atoms with E-state index in [1.165, 1.54) is 43.3 Å². The molecule has 198 valence electrons. The first-order valence-corrected chi connectivity index (χ1v) is 13.2. The molecule has 36 heavy (non-hydrogen) atoms. The summed E-state index contributed by atoms with van der Waals surface area (Å²) >= 11 is 0. The molecule has 0 spiro atoms. The van der Waals surface area contributed by atoms with E-state index in [1.54, 1.807) is 26.0 Å². The molecule has 10 heteroatoms. The van der Waals surface area contributed by atoms with Crippen LogP contribution in [0.1, 0.15) is 37.5 Å². The van der Waals surface area contributed by atoms with Gasteiger partial charge >= 0.3 is 10.2 Å². The highest BCUT2D eigenvalue weighted by atomic mass is 32.2. The van der Waals surface area contributed by atoms with Crippen LogP contribution in [0.25, 0.3) is 0 Å². The van der Waals surface area contributed by atoms with E-state index in [9.17, 15) is 22.4 Å². The molecule has 8 nitrogen and oxygen atoms in total. The Labute approximate surface area is 214 Å². The van der Waals surface area contributed by atoms with Gasteiger partial charge in [-0.3, -0.25) is 9.59 Å². The van der Waals surface area contributed by atoms with Gasteiger partial charge in [0, 0.05) is 27.2 Å². The predicted octanol–water partition coefficient (Wildman–Crippen LogP) is 3.24. The number of halogens is 1. The second kappa shape index (κ2) is 12.3. The third kappa shape index (κ3) is 7.51. The van der Waals surface area contributed by atoms with Crippen molar-refractivity contribution in [2.45, 2.75) is 47.2 Å². The number of nitrogens with one attached hydrogen (secondary N) is 1. The molecule has 1 N–H and O–H groups in total. The van der Waals surface area contributed by atoms with Gasteiger partial charge in [0.15, 0.2) is 0 Å². The third-order valence-corrected chi connectivity index (χ3v) is 7.58. The minimum Gasteiger partial charge on any atom is -0.354 e. The minimum absolute atomic E-state index is 0.0119. The number of anilines is 1.